The fourth-order valence-corrected chi connectivity index (χ4v) is 3.51. The van der Waals surface area contributed by atoms with Crippen LogP contribution in [0.4, 0.5) is 0 Å². The number of esters is 1. The summed E-state index contributed by atoms with van der Waals surface area (Å²) in [5.74, 6) is 0.166. The zero-order valence-electron chi connectivity index (χ0n) is 16.5. The van der Waals surface area contributed by atoms with Crippen LogP contribution in [0.3, 0.4) is 0 Å². The fraction of sp³-hybridized carbons (Fsp3) is 0.304. The first-order chi connectivity index (χ1) is 14.5. The van der Waals surface area contributed by atoms with Gasteiger partial charge in [0.1, 0.15) is 24.5 Å². The molecule has 1 unspecified atom stereocenters. The van der Waals surface area contributed by atoms with Crippen molar-refractivity contribution in [2.75, 3.05) is 13.2 Å². The number of carbonyl (C=O) groups is 1. The molecule has 3 aromatic rings. The lowest BCUT2D eigenvalue weighted by Crippen LogP contribution is -2.16. The summed E-state index contributed by atoms with van der Waals surface area (Å²) in [6.07, 6.45) is 2.19. The Morgan fingerprint density at radius 2 is 2.00 bits per heavy atom. The van der Waals surface area contributed by atoms with Gasteiger partial charge in [-0.1, -0.05) is 11.6 Å². The van der Waals surface area contributed by atoms with E-state index in [1.165, 1.54) is 6.07 Å². The Kier molecular flexibility index (Phi) is 6.06. The van der Waals surface area contributed by atoms with Gasteiger partial charge in [-0.2, -0.15) is 0 Å². The number of aryl methyl sites for hydroxylation is 1. The van der Waals surface area contributed by atoms with E-state index in [4.69, 9.17) is 30.2 Å². The van der Waals surface area contributed by atoms with Crippen molar-refractivity contribution in [3.63, 3.8) is 0 Å². The molecule has 0 aliphatic carbocycles. The second-order valence-corrected chi connectivity index (χ2v) is 7.64. The van der Waals surface area contributed by atoms with Gasteiger partial charge in [0.15, 0.2) is 0 Å². The number of halogens is 1. The number of fused-ring (bicyclic) bond motifs is 1. The van der Waals surface area contributed by atoms with E-state index in [1.54, 1.807) is 36.4 Å². The van der Waals surface area contributed by atoms with Crippen LogP contribution in [-0.2, 0) is 16.1 Å². The molecular formula is C23H21ClO6. The van der Waals surface area contributed by atoms with E-state index in [0.29, 0.717) is 39.5 Å². The second kappa shape index (κ2) is 8.90. The monoisotopic (exact) mass is 428 g/mol. The molecule has 6 nitrogen and oxygen atoms in total. The molecule has 1 aliphatic heterocycles. The normalized spacial score (nSPS) is 16.0. The number of hydrogen-bond acceptors (Lipinski definition) is 6. The Morgan fingerprint density at radius 3 is 2.73 bits per heavy atom. The average molecular weight is 429 g/mol. The van der Waals surface area contributed by atoms with E-state index in [0.717, 1.165) is 25.0 Å². The van der Waals surface area contributed by atoms with Crippen molar-refractivity contribution in [2.24, 2.45) is 0 Å². The predicted octanol–water partition coefficient (Wildman–Crippen LogP) is 4.67. The van der Waals surface area contributed by atoms with Gasteiger partial charge in [-0.25, -0.2) is 9.59 Å². The summed E-state index contributed by atoms with van der Waals surface area (Å²) in [5.41, 5.74) is 1.61. The zero-order chi connectivity index (χ0) is 21.1. The molecular weight excluding hydrogens is 408 g/mol. The molecule has 7 heteroatoms. The van der Waals surface area contributed by atoms with Crippen LogP contribution >= 0.6 is 11.6 Å². The minimum atomic E-state index is -0.511. The molecule has 4 rings (SSSR count). The molecule has 1 aliphatic rings. The maximum absolute atomic E-state index is 12.4. The van der Waals surface area contributed by atoms with E-state index >= 15 is 0 Å². The lowest BCUT2D eigenvalue weighted by Gasteiger charge is -2.12. The quantitative estimate of drug-likeness (QED) is 0.419. The number of benzene rings is 2. The third kappa shape index (κ3) is 4.66. The van der Waals surface area contributed by atoms with Gasteiger partial charge in [0, 0.05) is 28.6 Å². The molecule has 156 valence electrons. The Bertz CT molecular complexity index is 1110. The highest BCUT2D eigenvalue weighted by molar-refractivity contribution is 6.32. The van der Waals surface area contributed by atoms with Crippen molar-refractivity contribution < 1.29 is 23.4 Å². The topological polar surface area (TPSA) is 75.0 Å². The molecule has 2 aromatic carbocycles. The lowest BCUT2D eigenvalue weighted by atomic mass is 10.1. The zero-order valence-corrected chi connectivity index (χ0v) is 17.2. The van der Waals surface area contributed by atoms with Crippen LogP contribution in [-0.4, -0.2) is 25.3 Å². The van der Waals surface area contributed by atoms with E-state index in [-0.39, 0.29) is 12.7 Å². The molecule has 1 fully saturated rings. The van der Waals surface area contributed by atoms with Crippen molar-refractivity contribution >= 4 is 28.5 Å². The SMILES string of the molecule is Cc1cc2oc(=O)cc(COC(=O)c3ccc(OCC4CCCO4)cc3)c2cc1Cl. The highest BCUT2D eigenvalue weighted by atomic mass is 35.5. The van der Waals surface area contributed by atoms with Crippen LogP contribution < -0.4 is 10.4 Å². The largest absolute Gasteiger partial charge is 0.491 e. The summed E-state index contributed by atoms with van der Waals surface area (Å²) in [4.78, 5) is 24.3. The van der Waals surface area contributed by atoms with Crippen LogP contribution in [0.5, 0.6) is 5.75 Å². The van der Waals surface area contributed by atoms with Crippen LogP contribution in [0.1, 0.15) is 34.3 Å². The first-order valence-corrected chi connectivity index (χ1v) is 10.1. The van der Waals surface area contributed by atoms with Gasteiger partial charge in [0.25, 0.3) is 0 Å². The minimum Gasteiger partial charge on any atom is -0.491 e. The summed E-state index contributed by atoms with van der Waals surface area (Å²) in [6, 6.07) is 11.4. The molecule has 1 aromatic heterocycles. The molecule has 0 saturated carbocycles. The summed E-state index contributed by atoms with van der Waals surface area (Å²) in [7, 11) is 0. The van der Waals surface area contributed by atoms with Gasteiger partial charge in [-0.15, -0.1) is 0 Å². The summed E-state index contributed by atoms with van der Waals surface area (Å²) < 4.78 is 21.9. The van der Waals surface area contributed by atoms with Crippen molar-refractivity contribution in [3.8, 4) is 5.75 Å². The molecule has 30 heavy (non-hydrogen) atoms. The van der Waals surface area contributed by atoms with Gasteiger partial charge in [-0.05, 0) is 61.7 Å². The number of carbonyl (C=O) groups excluding carboxylic acids is 1. The van der Waals surface area contributed by atoms with Crippen molar-refractivity contribution in [3.05, 3.63) is 74.6 Å². The van der Waals surface area contributed by atoms with Crippen LogP contribution in [0, 0.1) is 6.92 Å². The van der Waals surface area contributed by atoms with Gasteiger partial charge in [0.2, 0.25) is 0 Å². The number of ether oxygens (including phenoxy) is 3. The first kappa shape index (κ1) is 20.4. The van der Waals surface area contributed by atoms with Crippen molar-refractivity contribution in [2.45, 2.75) is 32.5 Å². The number of rotatable bonds is 6. The smallest absolute Gasteiger partial charge is 0.338 e. The van der Waals surface area contributed by atoms with Crippen molar-refractivity contribution in [1.29, 1.82) is 0 Å². The minimum absolute atomic E-state index is 0.0718. The molecule has 0 bridgehead atoms. The molecule has 1 atom stereocenters. The maximum Gasteiger partial charge on any atom is 0.338 e. The van der Waals surface area contributed by atoms with Crippen LogP contribution in [0.15, 0.2) is 51.7 Å². The van der Waals surface area contributed by atoms with E-state index < -0.39 is 11.6 Å². The molecule has 0 spiro atoms. The highest BCUT2D eigenvalue weighted by Gasteiger charge is 2.16. The average Bonchev–Trinajstić information content (AvgIpc) is 3.25. The third-order valence-corrected chi connectivity index (χ3v) is 5.43. The Morgan fingerprint density at radius 1 is 1.20 bits per heavy atom. The predicted molar refractivity (Wildman–Crippen MR) is 112 cm³/mol. The second-order valence-electron chi connectivity index (χ2n) is 7.23. The Balaban J connectivity index is 1.42. The van der Waals surface area contributed by atoms with Gasteiger partial charge in [0.05, 0.1) is 11.7 Å². The van der Waals surface area contributed by atoms with E-state index in [1.807, 2.05) is 6.92 Å². The van der Waals surface area contributed by atoms with Crippen molar-refractivity contribution in [1.82, 2.24) is 0 Å². The molecule has 1 saturated heterocycles. The van der Waals surface area contributed by atoms with Crippen LogP contribution in [0.25, 0.3) is 11.0 Å². The van der Waals surface area contributed by atoms with E-state index in [2.05, 4.69) is 0 Å². The summed E-state index contributed by atoms with van der Waals surface area (Å²) >= 11 is 6.19. The fourth-order valence-electron chi connectivity index (χ4n) is 3.35. The van der Waals surface area contributed by atoms with Crippen LogP contribution in [0.2, 0.25) is 5.02 Å². The summed E-state index contributed by atoms with van der Waals surface area (Å²) in [5, 5.41) is 1.18. The van der Waals surface area contributed by atoms with Gasteiger partial charge >= 0.3 is 11.6 Å². The number of hydrogen-bond donors (Lipinski definition) is 0. The highest BCUT2D eigenvalue weighted by Crippen LogP contribution is 2.26. The first-order valence-electron chi connectivity index (χ1n) is 9.74. The van der Waals surface area contributed by atoms with Gasteiger partial charge < -0.3 is 18.6 Å². The lowest BCUT2D eigenvalue weighted by molar-refractivity contribution is 0.0473. The summed E-state index contributed by atoms with van der Waals surface area (Å²) in [6.45, 7) is 3.03. The van der Waals surface area contributed by atoms with E-state index in [9.17, 15) is 9.59 Å². The molecule has 0 radical (unpaired) electrons. The maximum atomic E-state index is 12.4. The Labute approximate surface area is 178 Å². The molecule has 2 heterocycles. The third-order valence-electron chi connectivity index (χ3n) is 5.02. The Hall–Kier alpha value is -2.83. The molecule has 0 N–H and O–H groups in total. The molecule has 0 amide bonds. The van der Waals surface area contributed by atoms with Gasteiger partial charge in [-0.3, -0.25) is 0 Å². The standard InChI is InChI=1S/C23H21ClO6/c1-14-9-21-19(11-20(14)24)16(10-22(25)30-21)12-29-23(26)15-4-6-17(7-5-15)28-13-18-3-2-8-27-18/h4-7,9-11,18H,2-3,8,12-13H2,1H3.